The van der Waals surface area contributed by atoms with Crippen molar-refractivity contribution in [1.82, 2.24) is 0 Å². The lowest BCUT2D eigenvalue weighted by atomic mass is 9.77. The molecule has 4 rings (SSSR count). The van der Waals surface area contributed by atoms with Crippen molar-refractivity contribution in [3.63, 3.8) is 0 Å². The molecule has 190 valence electrons. The molecule has 35 heavy (non-hydrogen) atoms. The Bertz CT molecular complexity index is 1020. The summed E-state index contributed by atoms with van der Waals surface area (Å²) in [6, 6.07) is 6.39. The van der Waals surface area contributed by atoms with Gasteiger partial charge in [0.05, 0.1) is 12.7 Å². The molecule has 0 unspecified atom stereocenters. The molecule has 2 nitrogen and oxygen atoms in total. The van der Waals surface area contributed by atoms with Gasteiger partial charge in [0, 0.05) is 5.56 Å². The van der Waals surface area contributed by atoms with Crippen molar-refractivity contribution >= 4 is 0 Å². The summed E-state index contributed by atoms with van der Waals surface area (Å²) in [7, 11) is 0. The maximum Gasteiger partial charge on any atom is 0.200 e. The average Bonchev–Trinajstić information content (AvgIpc) is 2.87. The Morgan fingerprint density at radius 3 is 1.91 bits per heavy atom. The van der Waals surface area contributed by atoms with Crippen LogP contribution in [0.25, 0.3) is 0 Å². The van der Waals surface area contributed by atoms with Crippen LogP contribution in [0.1, 0.15) is 86.8 Å². The van der Waals surface area contributed by atoms with Crippen LogP contribution in [0.2, 0.25) is 0 Å². The molecule has 0 N–H and O–H groups in total. The third-order valence-corrected chi connectivity index (χ3v) is 7.67. The predicted molar refractivity (Wildman–Crippen MR) is 129 cm³/mol. The minimum atomic E-state index is -1.04. The first-order valence-electron chi connectivity index (χ1n) is 12.7. The number of hydrogen-bond acceptors (Lipinski definition) is 2. The van der Waals surface area contributed by atoms with E-state index in [1.807, 2.05) is 0 Å². The molecule has 0 atom stereocenters. The van der Waals surface area contributed by atoms with E-state index in [-0.39, 0.29) is 42.5 Å². The molecule has 0 spiro atoms. The Labute approximate surface area is 205 Å². The molecule has 6 heteroatoms. The highest BCUT2D eigenvalue weighted by Crippen LogP contribution is 2.41. The van der Waals surface area contributed by atoms with Crippen LogP contribution in [0.4, 0.5) is 17.6 Å². The molecule has 0 heterocycles. The van der Waals surface area contributed by atoms with E-state index in [0.717, 1.165) is 25.7 Å². The Kier molecular flexibility index (Phi) is 8.53. The number of rotatable bonds is 8. The van der Waals surface area contributed by atoms with Gasteiger partial charge in [-0.2, -0.15) is 4.39 Å². The molecule has 0 saturated heterocycles. The third-order valence-electron chi connectivity index (χ3n) is 7.67. The van der Waals surface area contributed by atoms with E-state index in [2.05, 4.69) is 13.5 Å². The quantitative estimate of drug-likeness (QED) is 0.273. The van der Waals surface area contributed by atoms with Gasteiger partial charge in [-0.3, -0.25) is 0 Å². The molecule has 0 amide bonds. The maximum atomic E-state index is 15.0. The minimum absolute atomic E-state index is 0.0580. The first-order chi connectivity index (χ1) is 16.9. The molecule has 2 aliphatic carbocycles. The largest absolute Gasteiger partial charge is 0.486 e. The van der Waals surface area contributed by atoms with Crippen LogP contribution < -0.4 is 4.74 Å². The summed E-state index contributed by atoms with van der Waals surface area (Å²) in [6.07, 6.45) is 7.87. The van der Waals surface area contributed by atoms with Crippen molar-refractivity contribution in [3.05, 3.63) is 76.9 Å². The molecule has 2 fully saturated rings. The summed E-state index contributed by atoms with van der Waals surface area (Å²) in [5.74, 6) is -2.88. The van der Waals surface area contributed by atoms with Crippen molar-refractivity contribution < 1.29 is 27.0 Å². The molecule has 2 aliphatic rings. The van der Waals surface area contributed by atoms with Crippen molar-refractivity contribution in [2.75, 3.05) is 6.61 Å². The van der Waals surface area contributed by atoms with E-state index in [1.165, 1.54) is 18.2 Å². The fourth-order valence-electron chi connectivity index (χ4n) is 5.47. The summed E-state index contributed by atoms with van der Waals surface area (Å²) in [5.41, 5.74) is 1.08. The zero-order valence-electron chi connectivity index (χ0n) is 20.3. The molecular weight excluding hydrogens is 456 g/mol. The number of hydrogen-bond donors (Lipinski definition) is 0. The van der Waals surface area contributed by atoms with Crippen molar-refractivity contribution in [2.45, 2.75) is 82.8 Å². The standard InChI is InChI=1S/C29H34F4O2/c1-3-16-34-25-15-10-21(26(30)29(25)33)17-35-22-11-8-20(9-12-22)24-14-13-23(27(31)28(24)32)19-6-4-18(2)5-7-19/h3,10,13-15,18-20,22H,1,4-9,11-12,16-17H2,2H3. The Morgan fingerprint density at radius 2 is 1.34 bits per heavy atom. The van der Waals surface area contributed by atoms with Gasteiger partial charge in [0.2, 0.25) is 5.82 Å². The van der Waals surface area contributed by atoms with Gasteiger partial charge in [-0.15, -0.1) is 0 Å². The summed E-state index contributed by atoms with van der Waals surface area (Å²) >= 11 is 0. The second-order valence-corrected chi connectivity index (χ2v) is 10.1. The lowest BCUT2D eigenvalue weighted by Crippen LogP contribution is -2.22. The molecule has 2 saturated carbocycles. The third kappa shape index (κ3) is 5.91. The van der Waals surface area contributed by atoms with Crippen molar-refractivity contribution in [3.8, 4) is 5.75 Å². The van der Waals surface area contributed by atoms with E-state index in [9.17, 15) is 13.2 Å². The Hall–Kier alpha value is -2.34. The van der Waals surface area contributed by atoms with Crippen LogP contribution in [0.5, 0.6) is 5.75 Å². The van der Waals surface area contributed by atoms with Crippen molar-refractivity contribution in [1.29, 1.82) is 0 Å². The van der Waals surface area contributed by atoms with Gasteiger partial charge in [-0.25, -0.2) is 13.2 Å². The summed E-state index contributed by atoms with van der Waals surface area (Å²) in [4.78, 5) is 0. The minimum Gasteiger partial charge on any atom is -0.486 e. The van der Waals surface area contributed by atoms with Gasteiger partial charge in [-0.1, -0.05) is 44.6 Å². The van der Waals surface area contributed by atoms with Crippen molar-refractivity contribution in [2.24, 2.45) is 5.92 Å². The summed E-state index contributed by atoms with van der Waals surface area (Å²) in [5, 5.41) is 0. The van der Waals surface area contributed by atoms with Gasteiger partial charge in [0.1, 0.15) is 6.61 Å². The molecular formula is C29H34F4O2. The topological polar surface area (TPSA) is 18.5 Å². The fraction of sp³-hybridized carbons (Fsp3) is 0.517. The Balaban J connectivity index is 1.32. The first kappa shape index (κ1) is 25.7. The average molecular weight is 491 g/mol. The SMILES string of the molecule is C=CCOc1ccc(COC2CCC(c3ccc(C4CCC(C)CC4)c(F)c3F)CC2)c(F)c1F. The van der Waals surface area contributed by atoms with E-state index < -0.39 is 23.3 Å². The first-order valence-corrected chi connectivity index (χ1v) is 12.7. The number of benzene rings is 2. The van der Waals surface area contributed by atoms with Gasteiger partial charge < -0.3 is 9.47 Å². The van der Waals surface area contributed by atoms with Crippen LogP contribution >= 0.6 is 0 Å². The van der Waals surface area contributed by atoms with E-state index >= 15 is 4.39 Å². The van der Waals surface area contributed by atoms with Crippen LogP contribution in [0.3, 0.4) is 0 Å². The van der Waals surface area contributed by atoms with Crippen LogP contribution in [-0.4, -0.2) is 12.7 Å². The highest BCUT2D eigenvalue weighted by Gasteiger charge is 2.29. The predicted octanol–water partition coefficient (Wildman–Crippen LogP) is 8.34. The second kappa shape index (κ2) is 11.6. The highest BCUT2D eigenvalue weighted by molar-refractivity contribution is 5.32. The van der Waals surface area contributed by atoms with Crippen LogP contribution in [-0.2, 0) is 11.3 Å². The molecule has 0 aromatic heterocycles. The Morgan fingerprint density at radius 1 is 0.771 bits per heavy atom. The summed E-state index contributed by atoms with van der Waals surface area (Å²) < 4.78 is 69.5. The smallest absolute Gasteiger partial charge is 0.200 e. The molecule has 0 aliphatic heterocycles. The van der Waals surface area contributed by atoms with Gasteiger partial charge >= 0.3 is 0 Å². The van der Waals surface area contributed by atoms with Gasteiger partial charge in [0.25, 0.3) is 0 Å². The van der Waals surface area contributed by atoms with Crippen LogP contribution in [0.15, 0.2) is 36.9 Å². The van der Waals surface area contributed by atoms with E-state index in [4.69, 9.17) is 9.47 Å². The lowest BCUT2D eigenvalue weighted by Gasteiger charge is -2.30. The van der Waals surface area contributed by atoms with E-state index in [0.29, 0.717) is 42.7 Å². The normalized spacial score (nSPS) is 24.8. The van der Waals surface area contributed by atoms with Crippen LogP contribution in [0, 0.1) is 29.2 Å². The van der Waals surface area contributed by atoms with Gasteiger partial charge in [-0.05, 0) is 79.5 Å². The highest BCUT2D eigenvalue weighted by atomic mass is 19.2. The number of ether oxygens (including phenoxy) is 2. The molecule has 0 bridgehead atoms. The molecule has 2 aromatic rings. The number of halogens is 4. The zero-order valence-corrected chi connectivity index (χ0v) is 20.3. The molecule has 0 radical (unpaired) electrons. The van der Waals surface area contributed by atoms with E-state index in [1.54, 1.807) is 12.1 Å². The monoisotopic (exact) mass is 490 g/mol. The maximum absolute atomic E-state index is 15.0. The van der Waals surface area contributed by atoms with Gasteiger partial charge in [0.15, 0.2) is 23.2 Å². The fourth-order valence-corrected chi connectivity index (χ4v) is 5.47. The molecule has 2 aromatic carbocycles. The zero-order chi connectivity index (χ0) is 24.9. The lowest BCUT2D eigenvalue weighted by molar-refractivity contribution is 0.0116. The summed E-state index contributed by atoms with van der Waals surface area (Å²) in [6.45, 7) is 5.72. The second-order valence-electron chi connectivity index (χ2n) is 10.1.